The van der Waals surface area contributed by atoms with E-state index in [0.717, 1.165) is 11.3 Å². The maximum Gasteiger partial charge on any atom is 0.168 e. The minimum atomic E-state index is -1.12. The van der Waals surface area contributed by atoms with Crippen LogP contribution in [0.5, 0.6) is 0 Å². The average Bonchev–Trinajstić information content (AvgIpc) is 2.71. The first kappa shape index (κ1) is 11.8. The Morgan fingerprint density at radius 1 is 1.41 bits per heavy atom. The van der Waals surface area contributed by atoms with E-state index < -0.39 is 12.2 Å². The van der Waals surface area contributed by atoms with Crippen molar-refractivity contribution >= 4 is 11.5 Å². The van der Waals surface area contributed by atoms with Crippen LogP contribution in [0.4, 0.5) is 0 Å². The van der Waals surface area contributed by atoms with Gasteiger partial charge in [-0.05, 0) is 12.5 Å². The number of aliphatic hydroxyl groups is 1. The molecule has 90 valence electrons. The van der Waals surface area contributed by atoms with Crippen LogP contribution in [0.25, 0.3) is 0 Å². The molecular formula is C13H15NO3. The van der Waals surface area contributed by atoms with E-state index in [-0.39, 0.29) is 11.7 Å². The fourth-order valence-electron chi connectivity index (χ4n) is 1.93. The number of benzene rings is 1. The smallest absolute Gasteiger partial charge is 0.168 e. The second kappa shape index (κ2) is 4.67. The van der Waals surface area contributed by atoms with Gasteiger partial charge in [-0.1, -0.05) is 42.4 Å². The summed E-state index contributed by atoms with van der Waals surface area (Å²) in [6, 6.07) is 9.62. The van der Waals surface area contributed by atoms with Crippen molar-refractivity contribution < 1.29 is 14.7 Å². The van der Waals surface area contributed by atoms with Gasteiger partial charge in [0, 0.05) is 5.92 Å². The highest BCUT2D eigenvalue weighted by Crippen LogP contribution is 2.25. The standard InChI is InChI=1S/C13H15NO3/c1-8-11(10-6-4-3-5-7-10)14-17-13(8)12(16)9(2)15/h3-8,12-13,16H,1-2H3/t8-,12-,13-/m0/s1. The van der Waals surface area contributed by atoms with Gasteiger partial charge in [-0.25, -0.2) is 0 Å². The molecule has 0 fully saturated rings. The summed E-state index contributed by atoms with van der Waals surface area (Å²) in [5.41, 5.74) is 1.73. The molecule has 0 aliphatic carbocycles. The average molecular weight is 233 g/mol. The van der Waals surface area contributed by atoms with E-state index in [2.05, 4.69) is 5.16 Å². The van der Waals surface area contributed by atoms with Crippen LogP contribution in [0.3, 0.4) is 0 Å². The summed E-state index contributed by atoms with van der Waals surface area (Å²) < 4.78 is 0. The minimum absolute atomic E-state index is 0.101. The molecule has 0 aromatic heterocycles. The monoisotopic (exact) mass is 233 g/mol. The molecule has 1 heterocycles. The van der Waals surface area contributed by atoms with Crippen LogP contribution in [-0.2, 0) is 9.63 Å². The van der Waals surface area contributed by atoms with E-state index in [1.54, 1.807) is 0 Å². The van der Waals surface area contributed by atoms with Gasteiger partial charge < -0.3 is 9.94 Å². The van der Waals surface area contributed by atoms with Crippen molar-refractivity contribution in [2.24, 2.45) is 11.1 Å². The van der Waals surface area contributed by atoms with Crippen LogP contribution in [0, 0.1) is 5.92 Å². The number of oxime groups is 1. The first-order chi connectivity index (χ1) is 8.11. The predicted octanol–water partition coefficient (Wildman–Crippen LogP) is 1.38. The molecule has 0 spiro atoms. The molecule has 1 aromatic rings. The molecule has 1 aromatic carbocycles. The second-order valence-corrected chi connectivity index (χ2v) is 4.26. The van der Waals surface area contributed by atoms with Crippen LogP contribution in [0.15, 0.2) is 35.5 Å². The number of carbonyl (C=O) groups is 1. The van der Waals surface area contributed by atoms with Crippen LogP contribution >= 0.6 is 0 Å². The van der Waals surface area contributed by atoms with E-state index >= 15 is 0 Å². The Morgan fingerprint density at radius 2 is 2.06 bits per heavy atom. The zero-order valence-electron chi connectivity index (χ0n) is 9.83. The van der Waals surface area contributed by atoms with Gasteiger partial charge in [0.2, 0.25) is 0 Å². The van der Waals surface area contributed by atoms with Crippen molar-refractivity contribution in [3.05, 3.63) is 35.9 Å². The molecule has 1 aliphatic rings. The van der Waals surface area contributed by atoms with Gasteiger partial charge in [-0.15, -0.1) is 0 Å². The van der Waals surface area contributed by atoms with E-state index in [1.165, 1.54) is 6.92 Å². The van der Waals surface area contributed by atoms with Crippen LogP contribution in [-0.4, -0.2) is 28.8 Å². The normalized spacial score (nSPS) is 25.0. The van der Waals surface area contributed by atoms with Gasteiger partial charge in [-0.3, -0.25) is 4.79 Å². The highest BCUT2D eigenvalue weighted by molar-refractivity contribution is 6.03. The highest BCUT2D eigenvalue weighted by atomic mass is 16.7. The quantitative estimate of drug-likeness (QED) is 0.858. The Balaban J connectivity index is 2.17. The third kappa shape index (κ3) is 2.22. The van der Waals surface area contributed by atoms with Gasteiger partial charge in [0.25, 0.3) is 0 Å². The van der Waals surface area contributed by atoms with Crippen molar-refractivity contribution in [2.45, 2.75) is 26.1 Å². The van der Waals surface area contributed by atoms with Gasteiger partial charge in [0.15, 0.2) is 18.0 Å². The van der Waals surface area contributed by atoms with E-state index in [1.807, 2.05) is 37.3 Å². The number of carbonyl (C=O) groups excluding carboxylic acids is 1. The molecule has 4 heteroatoms. The molecule has 0 saturated heterocycles. The third-order valence-corrected chi connectivity index (χ3v) is 2.99. The Bertz CT molecular complexity index is 441. The second-order valence-electron chi connectivity index (χ2n) is 4.26. The Kier molecular flexibility index (Phi) is 3.24. The minimum Gasteiger partial charge on any atom is -0.388 e. The Morgan fingerprint density at radius 3 is 2.65 bits per heavy atom. The summed E-state index contributed by atoms with van der Waals surface area (Å²) in [7, 11) is 0. The topological polar surface area (TPSA) is 58.9 Å². The Hall–Kier alpha value is -1.68. The van der Waals surface area contributed by atoms with Crippen LogP contribution in [0.1, 0.15) is 19.4 Å². The zero-order chi connectivity index (χ0) is 12.4. The fraction of sp³-hybridized carbons (Fsp3) is 0.385. The maximum atomic E-state index is 11.1. The molecule has 0 amide bonds. The number of nitrogens with zero attached hydrogens (tertiary/aromatic N) is 1. The van der Waals surface area contributed by atoms with Crippen molar-refractivity contribution in [3.8, 4) is 0 Å². The lowest BCUT2D eigenvalue weighted by molar-refractivity contribution is -0.133. The zero-order valence-corrected chi connectivity index (χ0v) is 9.83. The molecule has 4 nitrogen and oxygen atoms in total. The number of Topliss-reactive ketones (excluding diaryl/α,β-unsaturated/α-hetero) is 1. The molecule has 17 heavy (non-hydrogen) atoms. The van der Waals surface area contributed by atoms with Gasteiger partial charge in [0.05, 0.1) is 5.71 Å². The lowest BCUT2D eigenvalue weighted by atomic mass is 9.90. The first-order valence-corrected chi connectivity index (χ1v) is 5.59. The summed E-state index contributed by atoms with van der Waals surface area (Å²) >= 11 is 0. The molecule has 1 N–H and O–H groups in total. The van der Waals surface area contributed by atoms with Gasteiger partial charge in [0.1, 0.15) is 0 Å². The summed E-state index contributed by atoms with van der Waals surface area (Å²) in [4.78, 5) is 16.3. The van der Waals surface area contributed by atoms with E-state index in [0.29, 0.717) is 0 Å². The molecule has 0 radical (unpaired) electrons. The lowest BCUT2D eigenvalue weighted by Crippen LogP contribution is -2.37. The number of aliphatic hydroxyl groups excluding tert-OH is 1. The SMILES string of the molecule is CC(=O)[C@H](O)[C@H]1ON=C(c2ccccc2)[C@@H]1C. The van der Waals surface area contributed by atoms with Crippen LogP contribution in [0.2, 0.25) is 0 Å². The predicted molar refractivity (Wildman–Crippen MR) is 63.7 cm³/mol. The van der Waals surface area contributed by atoms with E-state index in [9.17, 15) is 9.90 Å². The van der Waals surface area contributed by atoms with Crippen molar-refractivity contribution in [2.75, 3.05) is 0 Å². The summed E-state index contributed by atoms with van der Waals surface area (Å²) in [6.45, 7) is 3.25. The van der Waals surface area contributed by atoms with Crippen LogP contribution < -0.4 is 0 Å². The Labute approximate surface area is 99.9 Å². The first-order valence-electron chi connectivity index (χ1n) is 5.59. The molecule has 2 rings (SSSR count). The van der Waals surface area contributed by atoms with Crippen molar-refractivity contribution in [3.63, 3.8) is 0 Å². The van der Waals surface area contributed by atoms with Crippen molar-refractivity contribution in [1.82, 2.24) is 0 Å². The molecule has 3 atom stereocenters. The van der Waals surface area contributed by atoms with E-state index in [4.69, 9.17) is 4.84 Å². The molecule has 0 bridgehead atoms. The summed E-state index contributed by atoms with van der Waals surface area (Å²) in [6.07, 6.45) is -1.70. The van der Waals surface area contributed by atoms with Crippen molar-refractivity contribution in [1.29, 1.82) is 0 Å². The third-order valence-electron chi connectivity index (χ3n) is 2.99. The number of rotatable bonds is 3. The maximum absolute atomic E-state index is 11.1. The van der Waals surface area contributed by atoms with Gasteiger partial charge >= 0.3 is 0 Å². The van der Waals surface area contributed by atoms with Gasteiger partial charge in [-0.2, -0.15) is 0 Å². The lowest BCUT2D eigenvalue weighted by Gasteiger charge is -2.18. The fourth-order valence-corrected chi connectivity index (χ4v) is 1.93. The summed E-state index contributed by atoms with van der Waals surface area (Å²) in [5, 5.41) is 13.7. The highest BCUT2D eigenvalue weighted by Gasteiger charge is 2.38. The number of hydrogen-bond acceptors (Lipinski definition) is 4. The molecule has 1 aliphatic heterocycles. The molecule has 0 saturated carbocycles. The molecule has 0 unspecified atom stereocenters. The number of hydrogen-bond donors (Lipinski definition) is 1. The summed E-state index contributed by atoms with van der Waals surface area (Å²) in [5.74, 6) is -0.400. The number of ketones is 1. The molecular weight excluding hydrogens is 218 g/mol. The largest absolute Gasteiger partial charge is 0.388 e.